The molecule has 10 heavy (non-hydrogen) atoms. The summed E-state index contributed by atoms with van der Waals surface area (Å²) in [5.41, 5.74) is 0. The summed E-state index contributed by atoms with van der Waals surface area (Å²) in [6, 6.07) is 0. The molecular weight excluding hydrogens is 129 g/mol. The lowest BCUT2D eigenvalue weighted by molar-refractivity contribution is 0.160. The Balaban J connectivity index is 2.19. The van der Waals surface area contributed by atoms with Crippen LogP contribution in [0.4, 0.5) is 0 Å². The van der Waals surface area contributed by atoms with Gasteiger partial charge >= 0.3 is 0 Å². The van der Waals surface area contributed by atoms with Crippen molar-refractivity contribution >= 4 is 6.71 Å². The Morgan fingerprint density at radius 1 is 1.50 bits per heavy atom. The third-order valence-electron chi connectivity index (χ3n) is 2.15. The zero-order valence-corrected chi connectivity index (χ0v) is 5.99. The zero-order valence-electron chi connectivity index (χ0n) is 5.99. The van der Waals surface area contributed by atoms with Crippen molar-refractivity contribution in [1.29, 1.82) is 0 Å². The Kier molecular flexibility index (Phi) is 2.87. The third-order valence-corrected chi connectivity index (χ3v) is 2.15. The lowest BCUT2D eigenvalue weighted by Crippen LogP contribution is -2.26. The molecule has 0 aromatic heterocycles. The number of nitrogens with zero attached hydrogens (tertiary/aromatic N) is 1. The lowest BCUT2D eigenvalue weighted by atomic mass is 9.41. The van der Waals surface area contributed by atoms with Crippen LogP contribution in [0.5, 0.6) is 0 Å². The molecule has 0 atom stereocenters. The molecule has 0 bridgehead atoms. The Hall–Kier alpha value is -0.375. The number of nitroso groups, excluding NO2 is 1. The van der Waals surface area contributed by atoms with Gasteiger partial charge in [-0.3, -0.25) is 0 Å². The number of rotatable bonds is 2. The summed E-state index contributed by atoms with van der Waals surface area (Å²) in [6.07, 6.45) is 3.94. The van der Waals surface area contributed by atoms with Crippen LogP contribution >= 0.6 is 0 Å². The van der Waals surface area contributed by atoms with Gasteiger partial charge in [0.2, 0.25) is 0 Å². The first-order chi connectivity index (χ1) is 4.83. The van der Waals surface area contributed by atoms with E-state index in [9.17, 15) is 4.91 Å². The second kappa shape index (κ2) is 3.71. The molecule has 1 aliphatic rings. The van der Waals surface area contributed by atoms with Gasteiger partial charge in [-0.05, 0) is 12.8 Å². The Morgan fingerprint density at radius 3 is 2.60 bits per heavy atom. The van der Waals surface area contributed by atoms with E-state index >= 15 is 0 Å². The highest BCUT2D eigenvalue weighted by atomic mass is 16.3. The summed E-state index contributed by atoms with van der Waals surface area (Å²) in [6.45, 7) is 0.445. The SMILES string of the molecule is O=NCB1CCC(O)CC1. The molecule has 56 valence electrons. The number of hydrogen-bond donors (Lipinski definition) is 1. The molecule has 0 saturated carbocycles. The van der Waals surface area contributed by atoms with Gasteiger partial charge < -0.3 is 5.11 Å². The van der Waals surface area contributed by atoms with Crippen LogP contribution in [0, 0.1) is 4.91 Å². The fraction of sp³-hybridized carbons (Fsp3) is 1.00. The topological polar surface area (TPSA) is 49.7 Å². The predicted molar refractivity (Wildman–Crippen MR) is 41.3 cm³/mol. The molecular formula is C6H12BNO2. The monoisotopic (exact) mass is 141 g/mol. The van der Waals surface area contributed by atoms with Gasteiger partial charge in [-0.25, -0.2) is 0 Å². The lowest BCUT2D eigenvalue weighted by Gasteiger charge is -2.20. The van der Waals surface area contributed by atoms with Gasteiger partial charge in [-0.1, -0.05) is 17.8 Å². The molecule has 1 aliphatic heterocycles. The quantitative estimate of drug-likeness (QED) is 0.459. The standard InChI is InChI=1S/C6H12BNO2/c9-6-1-3-7(4-2-6)5-8-10/h6,9H,1-5H2. The number of aliphatic hydroxyl groups is 1. The fourth-order valence-electron chi connectivity index (χ4n) is 1.43. The molecule has 0 aromatic rings. The maximum absolute atomic E-state index is 9.84. The highest BCUT2D eigenvalue weighted by Gasteiger charge is 2.22. The molecule has 1 fully saturated rings. The summed E-state index contributed by atoms with van der Waals surface area (Å²) < 4.78 is 0. The fourth-order valence-corrected chi connectivity index (χ4v) is 1.43. The molecule has 1 rings (SSSR count). The normalized spacial score (nSPS) is 21.1. The van der Waals surface area contributed by atoms with Gasteiger partial charge in [0, 0.05) is 0 Å². The van der Waals surface area contributed by atoms with Crippen molar-refractivity contribution in [2.75, 3.05) is 6.44 Å². The smallest absolute Gasteiger partial charge is 0.171 e. The van der Waals surface area contributed by atoms with Crippen LogP contribution in [0.25, 0.3) is 0 Å². The van der Waals surface area contributed by atoms with E-state index in [1.165, 1.54) is 0 Å². The molecule has 0 radical (unpaired) electrons. The van der Waals surface area contributed by atoms with Crippen molar-refractivity contribution in [3.63, 3.8) is 0 Å². The van der Waals surface area contributed by atoms with Gasteiger partial charge in [0.1, 0.15) is 0 Å². The van der Waals surface area contributed by atoms with Crippen molar-refractivity contribution in [1.82, 2.24) is 0 Å². The van der Waals surface area contributed by atoms with Crippen molar-refractivity contribution in [3.05, 3.63) is 4.91 Å². The van der Waals surface area contributed by atoms with Gasteiger partial charge in [-0.2, -0.15) is 4.91 Å². The second-order valence-electron chi connectivity index (χ2n) is 2.99. The van der Waals surface area contributed by atoms with Crippen LogP contribution in [0.2, 0.25) is 12.6 Å². The first-order valence-corrected chi connectivity index (χ1v) is 3.80. The summed E-state index contributed by atoms with van der Waals surface area (Å²) in [4.78, 5) is 9.84. The predicted octanol–water partition coefficient (Wildman–Crippen LogP) is 0.942. The van der Waals surface area contributed by atoms with E-state index in [-0.39, 0.29) is 6.10 Å². The zero-order chi connectivity index (χ0) is 7.40. The van der Waals surface area contributed by atoms with E-state index in [0.717, 1.165) is 25.5 Å². The maximum Gasteiger partial charge on any atom is 0.171 e. The summed E-state index contributed by atoms with van der Waals surface area (Å²) in [5.74, 6) is 0. The van der Waals surface area contributed by atoms with Crippen LogP contribution in [-0.4, -0.2) is 24.4 Å². The van der Waals surface area contributed by atoms with Crippen LogP contribution in [-0.2, 0) is 0 Å². The second-order valence-corrected chi connectivity index (χ2v) is 2.99. The van der Waals surface area contributed by atoms with Gasteiger partial charge in [0.15, 0.2) is 6.71 Å². The highest BCUT2D eigenvalue weighted by molar-refractivity contribution is 6.59. The average Bonchev–Trinajstić information content (AvgIpc) is 1.95. The van der Waals surface area contributed by atoms with Crippen LogP contribution < -0.4 is 0 Å². The van der Waals surface area contributed by atoms with Crippen molar-refractivity contribution in [2.45, 2.75) is 31.6 Å². The molecule has 1 saturated heterocycles. The number of hydrogen-bond acceptors (Lipinski definition) is 3. The van der Waals surface area contributed by atoms with Gasteiger partial charge in [0.25, 0.3) is 0 Å². The Bertz CT molecular complexity index is 112. The molecule has 0 spiro atoms. The van der Waals surface area contributed by atoms with Gasteiger partial charge in [0.05, 0.1) is 12.5 Å². The van der Waals surface area contributed by atoms with E-state index in [2.05, 4.69) is 5.18 Å². The summed E-state index contributed by atoms with van der Waals surface area (Å²) in [7, 11) is 0. The molecule has 0 aliphatic carbocycles. The minimum Gasteiger partial charge on any atom is -0.393 e. The van der Waals surface area contributed by atoms with E-state index in [1.807, 2.05) is 0 Å². The average molecular weight is 141 g/mol. The minimum atomic E-state index is -0.122. The van der Waals surface area contributed by atoms with Crippen molar-refractivity contribution < 1.29 is 5.11 Å². The third kappa shape index (κ3) is 2.10. The van der Waals surface area contributed by atoms with E-state index in [1.54, 1.807) is 0 Å². The maximum atomic E-state index is 9.84. The van der Waals surface area contributed by atoms with Crippen molar-refractivity contribution in [3.8, 4) is 0 Å². The molecule has 1 N–H and O–H groups in total. The first kappa shape index (κ1) is 7.73. The molecule has 0 amide bonds. The van der Waals surface area contributed by atoms with E-state index in [0.29, 0.717) is 13.2 Å². The van der Waals surface area contributed by atoms with Crippen LogP contribution in [0.1, 0.15) is 12.8 Å². The molecule has 0 unspecified atom stereocenters. The summed E-state index contributed by atoms with van der Waals surface area (Å²) >= 11 is 0. The Labute approximate surface area is 60.9 Å². The van der Waals surface area contributed by atoms with Crippen molar-refractivity contribution in [2.24, 2.45) is 5.18 Å². The summed E-state index contributed by atoms with van der Waals surface area (Å²) in [5, 5.41) is 11.9. The highest BCUT2D eigenvalue weighted by Crippen LogP contribution is 2.19. The van der Waals surface area contributed by atoms with E-state index < -0.39 is 0 Å². The Morgan fingerprint density at radius 2 is 2.10 bits per heavy atom. The molecule has 4 heteroatoms. The van der Waals surface area contributed by atoms with Crippen LogP contribution in [0.15, 0.2) is 5.18 Å². The minimum absolute atomic E-state index is 0.122. The van der Waals surface area contributed by atoms with Crippen LogP contribution in [0.3, 0.4) is 0 Å². The first-order valence-electron chi connectivity index (χ1n) is 3.80. The van der Waals surface area contributed by atoms with Gasteiger partial charge in [-0.15, -0.1) is 0 Å². The number of aliphatic hydroxyl groups excluding tert-OH is 1. The molecule has 3 nitrogen and oxygen atoms in total. The largest absolute Gasteiger partial charge is 0.393 e. The van der Waals surface area contributed by atoms with E-state index in [4.69, 9.17) is 5.11 Å². The molecule has 0 aromatic carbocycles. The molecule has 1 heterocycles.